The van der Waals surface area contributed by atoms with Crippen molar-refractivity contribution in [2.24, 2.45) is 0 Å². The van der Waals surface area contributed by atoms with Gasteiger partial charge < -0.3 is 10.2 Å². The summed E-state index contributed by atoms with van der Waals surface area (Å²) in [7, 11) is 0. The molecule has 100 valence electrons. The van der Waals surface area contributed by atoms with Crippen molar-refractivity contribution in [3.63, 3.8) is 0 Å². The van der Waals surface area contributed by atoms with Gasteiger partial charge in [0.25, 0.3) is 0 Å². The Morgan fingerprint density at radius 1 is 1.32 bits per heavy atom. The van der Waals surface area contributed by atoms with Crippen LogP contribution in [0.2, 0.25) is 0 Å². The number of hydrogen-bond donors (Lipinski definition) is 2. The molecule has 0 aliphatic carbocycles. The van der Waals surface area contributed by atoms with Crippen LogP contribution in [0.1, 0.15) is 12.5 Å². The zero-order valence-corrected chi connectivity index (χ0v) is 11.3. The predicted octanol–water partition coefficient (Wildman–Crippen LogP) is 1.58. The highest BCUT2D eigenvalue weighted by molar-refractivity contribution is 5.60. The maximum Gasteiger partial charge on any atom is 0.245 e. The van der Waals surface area contributed by atoms with Gasteiger partial charge in [-0.1, -0.05) is 24.3 Å². The minimum absolute atomic E-state index is 0.481. The van der Waals surface area contributed by atoms with E-state index in [1.54, 1.807) is 0 Å². The molecule has 0 amide bonds. The normalized spacial score (nSPS) is 19.7. The van der Waals surface area contributed by atoms with Crippen molar-refractivity contribution in [2.45, 2.75) is 19.9 Å². The smallest absolute Gasteiger partial charge is 0.245 e. The summed E-state index contributed by atoms with van der Waals surface area (Å²) in [6.45, 7) is 7.15. The van der Waals surface area contributed by atoms with E-state index in [9.17, 15) is 0 Å². The van der Waals surface area contributed by atoms with Crippen LogP contribution in [0.3, 0.4) is 0 Å². The standard InChI is InChI=1S/C14H19N5/c1-10-5-3-4-6-12(10)13-16-14(18-17-13)19-8-7-15-11(2)9-19/h3-6,11,15H,7-9H2,1-2H3,(H,16,17,18). The van der Waals surface area contributed by atoms with Crippen molar-refractivity contribution in [3.8, 4) is 11.4 Å². The Balaban J connectivity index is 1.85. The molecule has 19 heavy (non-hydrogen) atoms. The van der Waals surface area contributed by atoms with Gasteiger partial charge in [-0.05, 0) is 19.4 Å². The van der Waals surface area contributed by atoms with Crippen LogP contribution in [0.5, 0.6) is 0 Å². The van der Waals surface area contributed by atoms with Gasteiger partial charge in [0, 0.05) is 31.2 Å². The summed E-state index contributed by atoms with van der Waals surface area (Å²) in [4.78, 5) is 6.85. The van der Waals surface area contributed by atoms with E-state index in [-0.39, 0.29) is 0 Å². The molecule has 1 aromatic carbocycles. The van der Waals surface area contributed by atoms with Gasteiger partial charge in [-0.2, -0.15) is 4.98 Å². The third kappa shape index (κ3) is 2.46. The topological polar surface area (TPSA) is 56.8 Å². The first-order valence-electron chi connectivity index (χ1n) is 6.71. The largest absolute Gasteiger partial charge is 0.337 e. The van der Waals surface area contributed by atoms with E-state index in [1.807, 2.05) is 12.1 Å². The van der Waals surface area contributed by atoms with Crippen molar-refractivity contribution in [3.05, 3.63) is 29.8 Å². The van der Waals surface area contributed by atoms with E-state index in [2.05, 4.69) is 51.4 Å². The van der Waals surface area contributed by atoms with Gasteiger partial charge in [-0.3, -0.25) is 5.10 Å². The SMILES string of the molecule is Cc1ccccc1-c1nc(N2CCNC(C)C2)n[nH]1. The number of aromatic amines is 1. The second kappa shape index (κ2) is 5.01. The molecule has 5 heteroatoms. The van der Waals surface area contributed by atoms with Gasteiger partial charge in [-0.15, -0.1) is 5.10 Å². The first kappa shape index (κ1) is 12.2. The molecule has 1 aliphatic heterocycles. The molecule has 1 aliphatic rings. The predicted molar refractivity (Wildman–Crippen MR) is 76.2 cm³/mol. The second-order valence-corrected chi connectivity index (χ2v) is 5.10. The van der Waals surface area contributed by atoms with Gasteiger partial charge in [0.15, 0.2) is 5.82 Å². The minimum Gasteiger partial charge on any atom is -0.337 e. The summed E-state index contributed by atoms with van der Waals surface area (Å²) < 4.78 is 0. The zero-order valence-electron chi connectivity index (χ0n) is 11.3. The summed E-state index contributed by atoms with van der Waals surface area (Å²) in [6, 6.07) is 8.70. The molecule has 1 saturated heterocycles. The van der Waals surface area contributed by atoms with Crippen LogP contribution in [-0.2, 0) is 0 Å². The molecule has 0 spiro atoms. The van der Waals surface area contributed by atoms with Crippen molar-refractivity contribution >= 4 is 5.95 Å². The molecule has 0 saturated carbocycles. The van der Waals surface area contributed by atoms with E-state index in [0.717, 1.165) is 37.0 Å². The first-order valence-corrected chi connectivity index (χ1v) is 6.71. The Kier molecular flexibility index (Phi) is 3.21. The molecule has 2 N–H and O–H groups in total. The van der Waals surface area contributed by atoms with Gasteiger partial charge in [0.2, 0.25) is 5.95 Å². The van der Waals surface area contributed by atoms with Crippen molar-refractivity contribution in [2.75, 3.05) is 24.5 Å². The quantitative estimate of drug-likeness (QED) is 0.857. The lowest BCUT2D eigenvalue weighted by atomic mass is 10.1. The number of aromatic nitrogens is 3. The fourth-order valence-electron chi connectivity index (χ4n) is 2.47. The summed E-state index contributed by atoms with van der Waals surface area (Å²) in [5.41, 5.74) is 2.32. The lowest BCUT2D eigenvalue weighted by Gasteiger charge is -2.30. The van der Waals surface area contributed by atoms with Crippen molar-refractivity contribution in [1.82, 2.24) is 20.5 Å². The molecule has 1 fully saturated rings. The maximum atomic E-state index is 4.63. The summed E-state index contributed by atoms with van der Waals surface area (Å²) in [6.07, 6.45) is 0. The van der Waals surface area contributed by atoms with Crippen molar-refractivity contribution in [1.29, 1.82) is 0 Å². The Bertz CT molecular complexity index is 562. The average molecular weight is 257 g/mol. The molecule has 1 atom stereocenters. The highest BCUT2D eigenvalue weighted by Crippen LogP contribution is 2.21. The second-order valence-electron chi connectivity index (χ2n) is 5.10. The molecule has 3 rings (SSSR count). The van der Waals surface area contributed by atoms with Crippen LogP contribution in [0.15, 0.2) is 24.3 Å². The van der Waals surface area contributed by atoms with Crippen LogP contribution in [0.25, 0.3) is 11.4 Å². The lowest BCUT2D eigenvalue weighted by Crippen LogP contribution is -2.49. The van der Waals surface area contributed by atoms with Crippen molar-refractivity contribution < 1.29 is 0 Å². The Morgan fingerprint density at radius 3 is 2.95 bits per heavy atom. The molecule has 2 heterocycles. The fourth-order valence-corrected chi connectivity index (χ4v) is 2.47. The summed E-state index contributed by atoms with van der Waals surface area (Å²) >= 11 is 0. The molecule has 1 aromatic heterocycles. The number of nitrogens with zero attached hydrogens (tertiary/aromatic N) is 3. The molecule has 1 unspecified atom stereocenters. The van der Waals surface area contributed by atoms with E-state index >= 15 is 0 Å². The van der Waals surface area contributed by atoms with Gasteiger partial charge in [0.1, 0.15) is 0 Å². The van der Waals surface area contributed by atoms with E-state index in [1.165, 1.54) is 5.56 Å². The molecule has 2 aromatic rings. The number of nitrogens with one attached hydrogen (secondary N) is 2. The Hall–Kier alpha value is -1.88. The van der Waals surface area contributed by atoms with E-state index in [0.29, 0.717) is 6.04 Å². The zero-order chi connectivity index (χ0) is 13.2. The molecular weight excluding hydrogens is 238 g/mol. The maximum absolute atomic E-state index is 4.63. The molecule has 0 bridgehead atoms. The number of anilines is 1. The highest BCUT2D eigenvalue weighted by Gasteiger charge is 2.19. The molecule has 5 nitrogen and oxygen atoms in total. The number of benzene rings is 1. The minimum atomic E-state index is 0.481. The third-order valence-corrected chi connectivity index (χ3v) is 3.53. The molecular formula is C14H19N5. The van der Waals surface area contributed by atoms with E-state index in [4.69, 9.17) is 0 Å². The van der Waals surface area contributed by atoms with E-state index < -0.39 is 0 Å². The van der Waals surface area contributed by atoms with Gasteiger partial charge in [-0.25, -0.2) is 0 Å². The number of aryl methyl sites for hydroxylation is 1. The van der Waals surface area contributed by atoms with Gasteiger partial charge in [0.05, 0.1) is 0 Å². The number of rotatable bonds is 2. The number of piperazine rings is 1. The molecule has 0 radical (unpaired) electrons. The summed E-state index contributed by atoms with van der Waals surface area (Å²) in [5, 5.41) is 10.8. The monoisotopic (exact) mass is 257 g/mol. The van der Waals surface area contributed by atoms with Crippen LogP contribution < -0.4 is 10.2 Å². The number of H-pyrrole nitrogens is 1. The first-order chi connectivity index (χ1) is 9.24. The highest BCUT2D eigenvalue weighted by atomic mass is 15.4. The van der Waals surface area contributed by atoms with Gasteiger partial charge >= 0.3 is 0 Å². The summed E-state index contributed by atoms with van der Waals surface area (Å²) in [5.74, 6) is 1.64. The Labute approximate surface area is 113 Å². The lowest BCUT2D eigenvalue weighted by molar-refractivity contribution is 0.480. The fraction of sp³-hybridized carbons (Fsp3) is 0.429. The van der Waals surface area contributed by atoms with Crippen LogP contribution in [0, 0.1) is 6.92 Å². The Morgan fingerprint density at radius 2 is 2.16 bits per heavy atom. The third-order valence-electron chi connectivity index (χ3n) is 3.53. The number of hydrogen-bond acceptors (Lipinski definition) is 4. The van der Waals surface area contributed by atoms with Crippen LogP contribution >= 0.6 is 0 Å². The average Bonchev–Trinajstić information content (AvgIpc) is 2.89. The van der Waals surface area contributed by atoms with Crippen LogP contribution in [0.4, 0.5) is 5.95 Å². The van der Waals surface area contributed by atoms with Crippen LogP contribution in [-0.4, -0.2) is 40.9 Å².